The first kappa shape index (κ1) is 23.6. The molecule has 0 unspecified atom stereocenters. The third kappa shape index (κ3) is 8.99. The van der Waals surface area contributed by atoms with Gasteiger partial charge in [-0.2, -0.15) is 0 Å². The van der Waals surface area contributed by atoms with Crippen molar-refractivity contribution in [3.05, 3.63) is 71.8 Å². The maximum atomic E-state index is 11.6. The van der Waals surface area contributed by atoms with Gasteiger partial charge < -0.3 is 25.6 Å². The minimum Gasteiger partial charge on any atom is -0.444 e. The van der Waals surface area contributed by atoms with Crippen molar-refractivity contribution in [1.82, 2.24) is 10.6 Å². The lowest BCUT2D eigenvalue weighted by atomic mass is 10.1. The van der Waals surface area contributed by atoms with E-state index in [4.69, 9.17) is 9.84 Å². The standard InChI is InChI=1S/C13H19NO3.C9H13NO/c1-13(2,3)17-12(16)14-11(9-15)10-7-5-4-6-8-10;1-10-9(7-11)8-5-3-2-4-6-8/h4-8,11,15H,9H2,1-3H3,(H,14,16);2-6,9-11H,7H2,1H3/t11-;9-/m00/s1. The number of alkyl carbamates (subject to hydrolysis) is 1. The molecule has 2 atom stereocenters. The molecule has 6 heteroatoms. The summed E-state index contributed by atoms with van der Waals surface area (Å²) in [6.07, 6.45) is -0.527. The van der Waals surface area contributed by atoms with Crippen molar-refractivity contribution < 1.29 is 19.7 Å². The molecule has 0 saturated heterocycles. The molecule has 0 heterocycles. The van der Waals surface area contributed by atoms with E-state index in [0.29, 0.717) is 0 Å². The van der Waals surface area contributed by atoms with Gasteiger partial charge >= 0.3 is 6.09 Å². The van der Waals surface area contributed by atoms with Crippen molar-refractivity contribution >= 4 is 6.09 Å². The molecule has 4 N–H and O–H groups in total. The number of hydrogen-bond donors (Lipinski definition) is 4. The maximum absolute atomic E-state index is 11.6. The van der Waals surface area contributed by atoms with Gasteiger partial charge in [0, 0.05) is 0 Å². The van der Waals surface area contributed by atoms with E-state index in [2.05, 4.69) is 10.6 Å². The number of hydrogen-bond acceptors (Lipinski definition) is 5. The van der Waals surface area contributed by atoms with Gasteiger partial charge in [0.1, 0.15) is 5.60 Å². The highest BCUT2D eigenvalue weighted by atomic mass is 16.6. The maximum Gasteiger partial charge on any atom is 0.408 e. The Morgan fingerprint density at radius 1 is 0.893 bits per heavy atom. The van der Waals surface area contributed by atoms with Crippen LogP contribution in [0.5, 0.6) is 0 Å². The summed E-state index contributed by atoms with van der Waals surface area (Å²) in [6, 6.07) is 18.8. The van der Waals surface area contributed by atoms with Crippen molar-refractivity contribution in [2.45, 2.75) is 38.5 Å². The first-order valence-electron chi connectivity index (χ1n) is 9.29. The Labute approximate surface area is 167 Å². The monoisotopic (exact) mass is 388 g/mol. The Kier molecular flexibility index (Phi) is 10.2. The summed E-state index contributed by atoms with van der Waals surface area (Å²) < 4.78 is 5.13. The second kappa shape index (κ2) is 12.1. The Hall–Kier alpha value is -2.41. The van der Waals surface area contributed by atoms with Gasteiger partial charge in [-0.1, -0.05) is 60.7 Å². The second-order valence-corrected chi connectivity index (χ2v) is 7.23. The van der Waals surface area contributed by atoms with Crippen molar-refractivity contribution in [1.29, 1.82) is 0 Å². The van der Waals surface area contributed by atoms with E-state index in [1.54, 1.807) is 20.8 Å². The average Bonchev–Trinajstić information content (AvgIpc) is 2.68. The minimum absolute atomic E-state index is 0.0659. The topological polar surface area (TPSA) is 90.8 Å². The van der Waals surface area contributed by atoms with Gasteiger partial charge in [0.15, 0.2) is 0 Å². The predicted molar refractivity (Wildman–Crippen MR) is 111 cm³/mol. The fraction of sp³-hybridized carbons (Fsp3) is 0.409. The molecule has 154 valence electrons. The third-order valence-corrected chi connectivity index (χ3v) is 3.81. The largest absolute Gasteiger partial charge is 0.444 e. The van der Waals surface area contributed by atoms with E-state index in [1.807, 2.05) is 67.7 Å². The summed E-state index contributed by atoms with van der Waals surface area (Å²) in [4.78, 5) is 11.6. The van der Waals surface area contributed by atoms with Crippen LogP contribution in [0.25, 0.3) is 0 Å². The van der Waals surface area contributed by atoms with Crippen LogP contribution in [-0.4, -0.2) is 42.2 Å². The van der Waals surface area contributed by atoms with Crippen LogP contribution in [0.15, 0.2) is 60.7 Å². The summed E-state index contributed by atoms with van der Waals surface area (Å²) in [5, 5.41) is 23.8. The zero-order chi connectivity index (χ0) is 21.0. The van der Waals surface area contributed by atoms with E-state index < -0.39 is 17.7 Å². The molecule has 0 saturated carbocycles. The van der Waals surface area contributed by atoms with E-state index in [0.717, 1.165) is 11.1 Å². The van der Waals surface area contributed by atoms with Gasteiger partial charge in [-0.3, -0.25) is 0 Å². The molecule has 2 aromatic carbocycles. The lowest BCUT2D eigenvalue weighted by molar-refractivity contribution is 0.0482. The van der Waals surface area contributed by atoms with Crippen LogP contribution in [0.4, 0.5) is 4.79 Å². The Bertz CT molecular complexity index is 668. The smallest absolute Gasteiger partial charge is 0.408 e. The van der Waals surface area contributed by atoms with Crippen molar-refractivity contribution in [2.24, 2.45) is 0 Å². The molecule has 0 aliphatic rings. The quantitative estimate of drug-likeness (QED) is 0.610. The number of carbonyl (C=O) groups excluding carboxylic acids is 1. The number of rotatable bonds is 6. The summed E-state index contributed by atoms with van der Waals surface area (Å²) >= 11 is 0. The van der Waals surface area contributed by atoms with Crippen molar-refractivity contribution in [3.63, 3.8) is 0 Å². The Balaban J connectivity index is 0.000000307. The molecule has 2 aromatic rings. The first-order valence-corrected chi connectivity index (χ1v) is 9.29. The molecule has 0 radical (unpaired) electrons. The van der Waals surface area contributed by atoms with Gasteiger partial charge in [0.05, 0.1) is 25.3 Å². The summed E-state index contributed by atoms with van der Waals surface area (Å²) in [7, 11) is 1.84. The molecule has 6 nitrogen and oxygen atoms in total. The number of ether oxygens (including phenoxy) is 1. The second-order valence-electron chi connectivity index (χ2n) is 7.23. The van der Waals surface area contributed by atoms with Crippen LogP contribution >= 0.6 is 0 Å². The van der Waals surface area contributed by atoms with Gasteiger partial charge in [-0.15, -0.1) is 0 Å². The van der Waals surface area contributed by atoms with Crippen LogP contribution in [0.2, 0.25) is 0 Å². The van der Waals surface area contributed by atoms with Crippen LogP contribution in [0.3, 0.4) is 0 Å². The number of aliphatic hydroxyl groups is 2. The lowest BCUT2D eigenvalue weighted by Crippen LogP contribution is -2.36. The summed E-state index contributed by atoms with van der Waals surface area (Å²) in [5.41, 5.74) is 1.43. The Morgan fingerprint density at radius 2 is 1.32 bits per heavy atom. The van der Waals surface area contributed by atoms with Gasteiger partial charge in [-0.05, 0) is 38.9 Å². The number of nitrogens with one attached hydrogen (secondary N) is 2. The van der Waals surface area contributed by atoms with E-state index in [-0.39, 0.29) is 19.3 Å². The minimum atomic E-state index is -0.541. The third-order valence-electron chi connectivity index (χ3n) is 3.81. The molecule has 0 bridgehead atoms. The summed E-state index contributed by atoms with van der Waals surface area (Å²) in [5.74, 6) is 0. The van der Waals surface area contributed by atoms with Gasteiger partial charge in [0.25, 0.3) is 0 Å². The fourth-order valence-corrected chi connectivity index (χ4v) is 2.42. The summed E-state index contributed by atoms with van der Waals surface area (Å²) in [6.45, 7) is 5.36. The molecule has 0 spiro atoms. The molecule has 2 rings (SSSR count). The first-order chi connectivity index (χ1) is 13.3. The van der Waals surface area contributed by atoms with Gasteiger partial charge in [-0.25, -0.2) is 4.79 Å². The molecule has 0 aliphatic carbocycles. The molecular formula is C22H32N2O4. The van der Waals surface area contributed by atoms with Crippen LogP contribution in [-0.2, 0) is 4.74 Å². The fourth-order valence-electron chi connectivity index (χ4n) is 2.42. The van der Waals surface area contributed by atoms with Crippen LogP contribution in [0.1, 0.15) is 44.0 Å². The highest BCUT2D eigenvalue weighted by Crippen LogP contribution is 2.13. The molecule has 0 aliphatic heterocycles. The normalized spacial score (nSPS) is 12.9. The SMILES string of the molecule is CC(C)(C)OC(=O)N[C@@H](CO)c1ccccc1.CN[C@@H](CO)c1ccccc1. The van der Waals surface area contributed by atoms with Crippen LogP contribution in [0, 0.1) is 0 Å². The zero-order valence-electron chi connectivity index (χ0n) is 17.1. The predicted octanol–water partition coefficient (Wildman–Crippen LogP) is 3.18. The molecule has 0 aromatic heterocycles. The number of amides is 1. The van der Waals surface area contributed by atoms with Gasteiger partial charge in [0.2, 0.25) is 0 Å². The Morgan fingerprint density at radius 3 is 1.68 bits per heavy atom. The van der Waals surface area contributed by atoms with Crippen LogP contribution < -0.4 is 10.6 Å². The molecule has 0 fully saturated rings. The van der Waals surface area contributed by atoms with E-state index in [1.165, 1.54) is 0 Å². The molecule has 28 heavy (non-hydrogen) atoms. The number of benzene rings is 2. The average molecular weight is 389 g/mol. The highest BCUT2D eigenvalue weighted by Gasteiger charge is 2.19. The number of carbonyl (C=O) groups is 1. The van der Waals surface area contributed by atoms with E-state index >= 15 is 0 Å². The number of likely N-dealkylation sites (N-methyl/N-ethyl adjacent to an activating group) is 1. The zero-order valence-corrected chi connectivity index (χ0v) is 17.1. The van der Waals surface area contributed by atoms with Crippen molar-refractivity contribution in [3.8, 4) is 0 Å². The molecule has 1 amide bonds. The lowest BCUT2D eigenvalue weighted by Gasteiger charge is -2.22. The molecular weight excluding hydrogens is 356 g/mol. The van der Waals surface area contributed by atoms with E-state index in [9.17, 15) is 9.90 Å². The highest BCUT2D eigenvalue weighted by molar-refractivity contribution is 5.68. The van der Waals surface area contributed by atoms with Crippen molar-refractivity contribution in [2.75, 3.05) is 20.3 Å². The number of aliphatic hydroxyl groups excluding tert-OH is 2.